The van der Waals surface area contributed by atoms with Gasteiger partial charge in [0.1, 0.15) is 0 Å². The molecule has 0 atom stereocenters. The minimum Gasteiger partial charge on any atom is -0.398 e. The third-order valence-corrected chi connectivity index (χ3v) is 1.85. The minimum atomic E-state index is 0.737. The molecule has 0 aromatic carbocycles. The van der Waals surface area contributed by atoms with Gasteiger partial charge in [0, 0.05) is 36.0 Å². The van der Waals surface area contributed by atoms with Crippen LogP contribution in [0.4, 0.5) is 5.69 Å². The first-order chi connectivity index (χ1) is 6.38. The van der Waals surface area contributed by atoms with Crippen molar-refractivity contribution in [2.45, 2.75) is 0 Å². The highest BCUT2D eigenvalue weighted by Crippen LogP contribution is 2.22. The van der Waals surface area contributed by atoms with Crippen LogP contribution in [0.2, 0.25) is 0 Å². The number of nitrogens with zero attached hydrogens (tertiary/aromatic N) is 2. The zero-order valence-corrected chi connectivity index (χ0v) is 7.01. The summed E-state index contributed by atoms with van der Waals surface area (Å²) < 4.78 is 0. The summed E-state index contributed by atoms with van der Waals surface area (Å²) in [5, 5.41) is 0. The third-order valence-electron chi connectivity index (χ3n) is 1.85. The van der Waals surface area contributed by atoms with E-state index in [4.69, 9.17) is 5.73 Å². The quantitative estimate of drug-likeness (QED) is 0.710. The van der Waals surface area contributed by atoms with E-state index in [-0.39, 0.29) is 0 Å². The molecule has 2 aromatic rings. The Morgan fingerprint density at radius 1 is 0.923 bits per heavy atom. The Hall–Kier alpha value is -1.90. The normalized spacial score (nSPS) is 9.85. The van der Waals surface area contributed by atoms with Crippen LogP contribution in [0.25, 0.3) is 11.1 Å². The van der Waals surface area contributed by atoms with Gasteiger partial charge in [0.25, 0.3) is 0 Å². The second-order valence-corrected chi connectivity index (χ2v) is 2.70. The van der Waals surface area contributed by atoms with E-state index < -0.39 is 0 Å². The molecule has 0 spiro atoms. The van der Waals surface area contributed by atoms with Gasteiger partial charge in [-0.25, -0.2) is 0 Å². The molecule has 2 rings (SSSR count). The lowest BCUT2D eigenvalue weighted by Gasteiger charge is -2.02. The molecular weight excluding hydrogens is 162 g/mol. The molecule has 0 radical (unpaired) electrons. The van der Waals surface area contributed by atoms with Crippen LogP contribution in [0.5, 0.6) is 0 Å². The average Bonchev–Trinajstić information content (AvgIpc) is 2.20. The number of nitrogen functional groups attached to an aromatic ring is 1. The van der Waals surface area contributed by atoms with Crippen molar-refractivity contribution in [3.05, 3.63) is 43.0 Å². The van der Waals surface area contributed by atoms with Crippen LogP contribution >= 0.6 is 0 Å². The molecule has 3 heteroatoms. The first-order valence-electron chi connectivity index (χ1n) is 3.98. The first kappa shape index (κ1) is 7.73. The Balaban J connectivity index is 2.54. The Kier molecular flexibility index (Phi) is 1.92. The predicted octanol–water partition coefficient (Wildman–Crippen LogP) is 1.73. The van der Waals surface area contributed by atoms with Gasteiger partial charge in [0.05, 0.1) is 0 Å². The number of pyridine rings is 2. The van der Waals surface area contributed by atoms with E-state index in [9.17, 15) is 0 Å². The number of aromatic nitrogens is 2. The SMILES string of the molecule is Nc1ccncc1-c1ccncc1. The minimum absolute atomic E-state index is 0.737. The maximum Gasteiger partial charge on any atom is 0.0424 e. The largest absolute Gasteiger partial charge is 0.398 e. The van der Waals surface area contributed by atoms with Crippen LogP contribution in [0, 0.1) is 0 Å². The van der Waals surface area contributed by atoms with Crippen LogP contribution in [0.3, 0.4) is 0 Å². The monoisotopic (exact) mass is 171 g/mol. The van der Waals surface area contributed by atoms with Crippen molar-refractivity contribution in [2.75, 3.05) is 5.73 Å². The number of nitrogens with two attached hydrogens (primary N) is 1. The predicted molar refractivity (Wildman–Crippen MR) is 51.9 cm³/mol. The first-order valence-corrected chi connectivity index (χ1v) is 3.98. The fraction of sp³-hybridized carbons (Fsp3) is 0. The highest BCUT2D eigenvalue weighted by Gasteiger charge is 1.99. The molecular formula is C10H9N3. The standard InChI is InChI=1S/C10H9N3/c11-10-3-6-13-7-9(10)8-1-4-12-5-2-8/h1-7H,(H2,11,13). The van der Waals surface area contributed by atoms with Crippen molar-refractivity contribution in [3.8, 4) is 11.1 Å². The number of rotatable bonds is 1. The van der Waals surface area contributed by atoms with Gasteiger partial charge < -0.3 is 5.73 Å². The van der Waals surface area contributed by atoms with Crippen LogP contribution in [0.1, 0.15) is 0 Å². The molecule has 0 saturated carbocycles. The molecule has 0 unspecified atom stereocenters. The van der Waals surface area contributed by atoms with E-state index in [1.807, 2.05) is 12.1 Å². The van der Waals surface area contributed by atoms with E-state index in [2.05, 4.69) is 9.97 Å². The Morgan fingerprint density at radius 2 is 1.62 bits per heavy atom. The smallest absolute Gasteiger partial charge is 0.0424 e. The van der Waals surface area contributed by atoms with E-state index >= 15 is 0 Å². The van der Waals surface area contributed by atoms with Crippen molar-refractivity contribution in [2.24, 2.45) is 0 Å². The lowest BCUT2D eigenvalue weighted by molar-refractivity contribution is 1.30. The summed E-state index contributed by atoms with van der Waals surface area (Å²) in [6.07, 6.45) is 6.91. The van der Waals surface area contributed by atoms with Gasteiger partial charge in [-0.1, -0.05) is 0 Å². The van der Waals surface area contributed by atoms with Crippen LogP contribution in [-0.4, -0.2) is 9.97 Å². The van der Waals surface area contributed by atoms with Crippen molar-refractivity contribution in [1.29, 1.82) is 0 Å². The fourth-order valence-corrected chi connectivity index (χ4v) is 1.18. The van der Waals surface area contributed by atoms with Crippen molar-refractivity contribution >= 4 is 5.69 Å². The van der Waals surface area contributed by atoms with E-state index in [0.29, 0.717) is 0 Å². The number of hydrogen-bond donors (Lipinski definition) is 1. The summed E-state index contributed by atoms with van der Waals surface area (Å²) in [7, 11) is 0. The average molecular weight is 171 g/mol. The molecule has 0 saturated heterocycles. The zero-order chi connectivity index (χ0) is 9.10. The maximum absolute atomic E-state index is 5.79. The van der Waals surface area contributed by atoms with Gasteiger partial charge in [-0.2, -0.15) is 0 Å². The van der Waals surface area contributed by atoms with Crippen molar-refractivity contribution in [3.63, 3.8) is 0 Å². The number of anilines is 1. The summed E-state index contributed by atoms with van der Waals surface area (Å²) in [5.41, 5.74) is 8.52. The molecule has 3 nitrogen and oxygen atoms in total. The third kappa shape index (κ3) is 1.49. The second kappa shape index (κ2) is 3.23. The molecule has 13 heavy (non-hydrogen) atoms. The summed E-state index contributed by atoms with van der Waals surface area (Å²) >= 11 is 0. The Bertz CT molecular complexity index is 398. The van der Waals surface area contributed by atoms with Gasteiger partial charge in [-0.15, -0.1) is 0 Å². The van der Waals surface area contributed by atoms with Crippen LogP contribution < -0.4 is 5.73 Å². The van der Waals surface area contributed by atoms with Crippen LogP contribution in [-0.2, 0) is 0 Å². The molecule has 2 N–H and O–H groups in total. The summed E-state index contributed by atoms with van der Waals surface area (Å²) in [4.78, 5) is 7.96. The topological polar surface area (TPSA) is 51.8 Å². The lowest BCUT2D eigenvalue weighted by Crippen LogP contribution is -1.90. The molecule has 2 heterocycles. The van der Waals surface area contributed by atoms with Gasteiger partial charge in [-0.05, 0) is 23.8 Å². The Morgan fingerprint density at radius 3 is 2.31 bits per heavy atom. The number of hydrogen-bond acceptors (Lipinski definition) is 3. The lowest BCUT2D eigenvalue weighted by atomic mass is 10.1. The second-order valence-electron chi connectivity index (χ2n) is 2.70. The molecule has 2 aromatic heterocycles. The fourth-order valence-electron chi connectivity index (χ4n) is 1.18. The van der Waals surface area contributed by atoms with E-state index in [1.54, 1.807) is 30.9 Å². The highest BCUT2D eigenvalue weighted by atomic mass is 14.7. The summed E-state index contributed by atoms with van der Waals surface area (Å²) in [5.74, 6) is 0. The zero-order valence-electron chi connectivity index (χ0n) is 7.01. The molecule has 0 aliphatic rings. The van der Waals surface area contributed by atoms with Gasteiger partial charge in [0.2, 0.25) is 0 Å². The van der Waals surface area contributed by atoms with E-state index in [1.165, 1.54) is 0 Å². The van der Waals surface area contributed by atoms with Gasteiger partial charge in [0.15, 0.2) is 0 Å². The van der Waals surface area contributed by atoms with Gasteiger partial charge >= 0.3 is 0 Å². The Labute approximate surface area is 76.3 Å². The highest BCUT2D eigenvalue weighted by molar-refractivity contribution is 5.74. The maximum atomic E-state index is 5.79. The molecule has 0 bridgehead atoms. The summed E-state index contributed by atoms with van der Waals surface area (Å²) in [6.45, 7) is 0. The van der Waals surface area contributed by atoms with E-state index in [0.717, 1.165) is 16.8 Å². The van der Waals surface area contributed by atoms with Gasteiger partial charge in [-0.3, -0.25) is 9.97 Å². The molecule has 0 aliphatic heterocycles. The molecule has 0 amide bonds. The van der Waals surface area contributed by atoms with Crippen molar-refractivity contribution in [1.82, 2.24) is 9.97 Å². The molecule has 0 fully saturated rings. The summed E-state index contributed by atoms with van der Waals surface area (Å²) in [6, 6.07) is 5.61. The van der Waals surface area contributed by atoms with Crippen molar-refractivity contribution < 1.29 is 0 Å². The molecule has 64 valence electrons. The molecule has 0 aliphatic carbocycles. The van der Waals surface area contributed by atoms with Crippen LogP contribution in [0.15, 0.2) is 43.0 Å².